The molecule has 3 rings (SSSR count). The van der Waals surface area contributed by atoms with E-state index in [-0.39, 0.29) is 0 Å². The number of piperidine rings is 1. The Bertz CT molecular complexity index is 165. The summed E-state index contributed by atoms with van der Waals surface area (Å²) in [6.07, 6.45) is 4.26. The Morgan fingerprint density at radius 2 is 2.09 bits per heavy atom. The van der Waals surface area contributed by atoms with Gasteiger partial charge in [-0.15, -0.1) is 0 Å². The smallest absolute Gasteiger partial charge is 0.0123 e. The van der Waals surface area contributed by atoms with Gasteiger partial charge in [-0.25, -0.2) is 0 Å². The van der Waals surface area contributed by atoms with E-state index < -0.39 is 0 Å². The molecular weight excluding hydrogens is 136 g/mol. The molecule has 2 nitrogen and oxygen atoms in total. The number of fused-ring (bicyclic) bond motifs is 2. The lowest BCUT2D eigenvalue weighted by molar-refractivity contribution is 0.157. The van der Waals surface area contributed by atoms with Gasteiger partial charge in [0.05, 0.1) is 0 Å². The van der Waals surface area contributed by atoms with Crippen molar-refractivity contribution in [3.05, 3.63) is 0 Å². The molecule has 0 aromatic rings. The van der Waals surface area contributed by atoms with E-state index in [4.69, 9.17) is 0 Å². The minimum atomic E-state index is 0.871. The summed E-state index contributed by atoms with van der Waals surface area (Å²) in [6.45, 7) is 4.08. The van der Waals surface area contributed by atoms with Crippen molar-refractivity contribution in [3.8, 4) is 0 Å². The standard InChI is InChI=1S/C9H16N2/c1-3-11-4-2-9-7(6-11)5-8(1)10-9/h7-10H,1-6H2. The summed E-state index contributed by atoms with van der Waals surface area (Å²) in [7, 11) is 0. The zero-order valence-electron chi connectivity index (χ0n) is 6.92. The lowest BCUT2D eigenvalue weighted by atomic mass is 9.94. The van der Waals surface area contributed by atoms with Crippen LogP contribution in [0.25, 0.3) is 0 Å². The molecule has 0 aromatic carbocycles. The lowest BCUT2D eigenvalue weighted by Gasteiger charge is -2.35. The van der Waals surface area contributed by atoms with Gasteiger partial charge < -0.3 is 10.2 Å². The van der Waals surface area contributed by atoms with Gasteiger partial charge in [0.15, 0.2) is 0 Å². The maximum absolute atomic E-state index is 3.75. The van der Waals surface area contributed by atoms with Crippen LogP contribution < -0.4 is 5.32 Å². The molecule has 3 aliphatic rings. The molecule has 0 radical (unpaired) electrons. The number of hydrogen-bond donors (Lipinski definition) is 1. The molecule has 11 heavy (non-hydrogen) atoms. The van der Waals surface area contributed by atoms with Gasteiger partial charge >= 0.3 is 0 Å². The maximum atomic E-state index is 3.75. The van der Waals surface area contributed by atoms with Crippen molar-refractivity contribution >= 4 is 0 Å². The van der Waals surface area contributed by atoms with Gasteiger partial charge in [0.1, 0.15) is 0 Å². The fourth-order valence-electron chi connectivity index (χ4n) is 3.04. The van der Waals surface area contributed by atoms with Crippen LogP contribution in [-0.2, 0) is 0 Å². The maximum Gasteiger partial charge on any atom is 0.0123 e. The van der Waals surface area contributed by atoms with Crippen molar-refractivity contribution in [3.63, 3.8) is 0 Å². The van der Waals surface area contributed by atoms with Crippen LogP contribution >= 0.6 is 0 Å². The molecule has 0 aromatic heterocycles. The molecule has 3 aliphatic heterocycles. The van der Waals surface area contributed by atoms with Crippen LogP contribution in [0, 0.1) is 5.92 Å². The van der Waals surface area contributed by atoms with E-state index >= 15 is 0 Å². The van der Waals surface area contributed by atoms with Crippen molar-refractivity contribution < 1.29 is 0 Å². The topological polar surface area (TPSA) is 15.3 Å². The minimum absolute atomic E-state index is 0.871. The van der Waals surface area contributed by atoms with Crippen LogP contribution in [0.2, 0.25) is 0 Å². The van der Waals surface area contributed by atoms with Crippen molar-refractivity contribution in [2.45, 2.75) is 31.3 Å². The third-order valence-corrected chi connectivity index (χ3v) is 3.65. The first-order valence-electron chi connectivity index (χ1n) is 4.90. The van der Waals surface area contributed by atoms with Gasteiger partial charge in [-0.2, -0.15) is 0 Å². The zero-order valence-corrected chi connectivity index (χ0v) is 6.92. The molecule has 3 saturated heterocycles. The quantitative estimate of drug-likeness (QED) is 0.542. The second kappa shape index (κ2) is 2.20. The monoisotopic (exact) mass is 152 g/mol. The first-order chi connectivity index (χ1) is 5.42. The Kier molecular flexibility index (Phi) is 1.29. The molecule has 3 heterocycles. The van der Waals surface area contributed by atoms with Gasteiger partial charge in [-0.3, -0.25) is 0 Å². The molecule has 3 bridgehead atoms. The summed E-state index contributed by atoms with van der Waals surface area (Å²) in [5, 5.41) is 3.75. The van der Waals surface area contributed by atoms with Crippen LogP contribution in [0.15, 0.2) is 0 Å². The second-order valence-corrected chi connectivity index (χ2v) is 4.34. The molecular formula is C9H16N2. The Balaban J connectivity index is 1.88. The highest BCUT2D eigenvalue weighted by Gasteiger charge is 2.39. The third-order valence-electron chi connectivity index (χ3n) is 3.65. The summed E-state index contributed by atoms with van der Waals surface area (Å²) < 4.78 is 0. The molecule has 2 heteroatoms. The summed E-state index contributed by atoms with van der Waals surface area (Å²) in [5.74, 6) is 0.997. The molecule has 0 aliphatic carbocycles. The van der Waals surface area contributed by atoms with Gasteiger partial charge in [0.2, 0.25) is 0 Å². The Hall–Kier alpha value is -0.0800. The zero-order chi connectivity index (χ0) is 7.26. The normalized spacial score (nSPS) is 54.5. The van der Waals surface area contributed by atoms with Crippen molar-refractivity contribution in [1.82, 2.24) is 10.2 Å². The summed E-state index contributed by atoms with van der Waals surface area (Å²) in [5.41, 5.74) is 0. The number of nitrogens with one attached hydrogen (secondary N) is 1. The van der Waals surface area contributed by atoms with E-state index in [1.807, 2.05) is 0 Å². The summed E-state index contributed by atoms with van der Waals surface area (Å²) in [6, 6.07) is 1.76. The molecule has 1 N–H and O–H groups in total. The van der Waals surface area contributed by atoms with Gasteiger partial charge in [-0.1, -0.05) is 0 Å². The van der Waals surface area contributed by atoms with Crippen molar-refractivity contribution in [1.29, 1.82) is 0 Å². The van der Waals surface area contributed by atoms with E-state index in [9.17, 15) is 0 Å². The molecule has 4 atom stereocenters. The van der Waals surface area contributed by atoms with E-state index in [2.05, 4.69) is 10.2 Å². The van der Waals surface area contributed by atoms with E-state index in [0.29, 0.717) is 0 Å². The van der Waals surface area contributed by atoms with Crippen LogP contribution in [-0.4, -0.2) is 36.6 Å². The van der Waals surface area contributed by atoms with Gasteiger partial charge in [0, 0.05) is 18.6 Å². The van der Waals surface area contributed by atoms with Crippen LogP contribution in [0.4, 0.5) is 0 Å². The molecule has 0 spiro atoms. The number of rotatable bonds is 0. The highest BCUT2D eigenvalue weighted by molar-refractivity contribution is 4.98. The highest BCUT2D eigenvalue weighted by atomic mass is 15.2. The molecule has 0 saturated carbocycles. The molecule has 3 fully saturated rings. The third kappa shape index (κ3) is 0.926. The molecule has 62 valence electrons. The Labute approximate surface area is 68.0 Å². The summed E-state index contributed by atoms with van der Waals surface area (Å²) in [4.78, 5) is 2.65. The predicted octanol–water partition coefficient (Wildman–Crippen LogP) is 0.442. The average molecular weight is 152 g/mol. The highest BCUT2D eigenvalue weighted by Crippen LogP contribution is 2.32. The number of nitrogens with zero attached hydrogens (tertiary/aromatic N) is 1. The predicted molar refractivity (Wildman–Crippen MR) is 44.5 cm³/mol. The van der Waals surface area contributed by atoms with Crippen LogP contribution in [0.5, 0.6) is 0 Å². The van der Waals surface area contributed by atoms with Crippen LogP contribution in [0.3, 0.4) is 0 Å². The molecule has 0 amide bonds. The molecule has 4 unspecified atom stereocenters. The summed E-state index contributed by atoms with van der Waals surface area (Å²) >= 11 is 0. The minimum Gasteiger partial charge on any atom is -0.311 e. The second-order valence-electron chi connectivity index (χ2n) is 4.34. The van der Waals surface area contributed by atoms with Gasteiger partial charge in [-0.05, 0) is 38.3 Å². The van der Waals surface area contributed by atoms with Gasteiger partial charge in [0.25, 0.3) is 0 Å². The fraction of sp³-hybridized carbons (Fsp3) is 1.00. The van der Waals surface area contributed by atoms with Crippen molar-refractivity contribution in [2.75, 3.05) is 19.6 Å². The largest absolute Gasteiger partial charge is 0.311 e. The average Bonchev–Trinajstić information content (AvgIpc) is 2.29. The Morgan fingerprint density at radius 1 is 1.18 bits per heavy atom. The Morgan fingerprint density at radius 3 is 3.09 bits per heavy atom. The first kappa shape index (κ1) is 6.44. The van der Waals surface area contributed by atoms with E-state index in [1.54, 1.807) is 0 Å². The van der Waals surface area contributed by atoms with E-state index in [1.165, 1.54) is 38.9 Å². The first-order valence-corrected chi connectivity index (χ1v) is 4.90. The fourth-order valence-corrected chi connectivity index (χ4v) is 3.04. The SMILES string of the molecule is C1CN2CCC3NC1CC3C2. The lowest BCUT2D eigenvalue weighted by Crippen LogP contribution is -2.47. The van der Waals surface area contributed by atoms with E-state index in [0.717, 1.165) is 18.0 Å². The van der Waals surface area contributed by atoms with Crippen LogP contribution in [0.1, 0.15) is 19.3 Å². The number of hydrogen-bond acceptors (Lipinski definition) is 2. The van der Waals surface area contributed by atoms with Crippen molar-refractivity contribution in [2.24, 2.45) is 5.92 Å².